The zero-order valence-corrected chi connectivity index (χ0v) is 15.3. The summed E-state index contributed by atoms with van der Waals surface area (Å²) in [6.45, 7) is 2.40. The van der Waals surface area contributed by atoms with Crippen molar-refractivity contribution in [2.24, 2.45) is 7.05 Å². The van der Waals surface area contributed by atoms with Gasteiger partial charge in [0.1, 0.15) is 5.82 Å². The second-order valence-electron chi connectivity index (χ2n) is 6.25. The molecular formula is C18H21N5OS. The molecule has 1 saturated carbocycles. The van der Waals surface area contributed by atoms with Crippen molar-refractivity contribution in [2.75, 3.05) is 17.2 Å². The summed E-state index contributed by atoms with van der Waals surface area (Å²) in [5, 5.41) is 18.1. The summed E-state index contributed by atoms with van der Waals surface area (Å²) in [4.78, 5) is 14.4. The summed E-state index contributed by atoms with van der Waals surface area (Å²) in [6.07, 6.45) is 2.65. The van der Waals surface area contributed by atoms with Gasteiger partial charge in [-0.05, 0) is 31.9 Å². The van der Waals surface area contributed by atoms with Crippen LogP contribution in [0.5, 0.6) is 0 Å². The fraction of sp³-hybridized carbons (Fsp3) is 0.444. The van der Waals surface area contributed by atoms with Crippen molar-refractivity contribution < 1.29 is 4.79 Å². The normalized spacial score (nSPS) is 13.5. The van der Waals surface area contributed by atoms with E-state index in [2.05, 4.69) is 16.3 Å². The number of aromatic nitrogens is 3. The summed E-state index contributed by atoms with van der Waals surface area (Å²) >= 11 is 1.40. The number of hydrogen-bond donors (Lipinski definition) is 0. The summed E-state index contributed by atoms with van der Waals surface area (Å²) < 4.78 is 1.99. The third-order valence-corrected chi connectivity index (χ3v) is 5.23. The number of carbonyl (C=O) groups is 1. The Hall–Kier alpha value is -2.33. The van der Waals surface area contributed by atoms with Gasteiger partial charge < -0.3 is 9.47 Å². The van der Waals surface area contributed by atoms with Crippen LogP contribution < -0.4 is 4.90 Å². The van der Waals surface area contributed by atoms with Gasteiger partial charge in [0.25, 0.3) is 0 Å². The van der Waals surface area contributed by atoms with Gasteiger partial charge in [-0.15, -0.1) is 10.2 Å². The van der Waals surface area contributed by atoms with Crippen molar-refractivity contribution in [2.45, 2.75) is 37.3 Å². The van der Waals surface area contributed by atoms with E-state index < -0.39 is 0 Å². The molecule has 3 rings (SSSR count). The van der Waals surface area contributed by atoms with E-state index in [0.29, 0.717) is 18.9 Å². The minimum Gasteiger partial charge on any atom is -0.311 e. The zero-order valence-electron chi connectivity index (χ0n) is 14.5. The number of nitriles is 1. The van der Waals surface area contributed by atoms with Crippen LogP contribution in [0.4, 0.5) is 5.69 Å². The topological polar surface area (TPSA) is 74.8 Å². The van der Waals surface area contributed by atoms with E-state index in [1.807, 2.05) is 42.8 Å². The monoisotopic (exact) mass is 355 g/mol. The third-order valence-electron chi connectivity index (χ3n) is 4.23. The number of thioether (sulfide) groups is 1. The van der Waals surface area contributed by atoms with Crippen molar-refractivity contribution in [3.05, 3.63) is 35.7 Å². The van der Waals surface area contributed by atoms with E-state index in [4.69, 9.17) is 5.26 Å². The average Bonchev–Trinajstić information content (AvgIpc) is 3.38. The first-order valence-electron chi connectivity index (χ1n) is 8.36. The molecule has 0 unspecified atom stereocenters. The second kappa shape index (κ2) is 7.70. The van der Waals surface area contributed by atoms with Crippen molar-refractivity contribution in [1.82, 2.24) is 14.8 Å². The molecule has 130 valence electrons. The molecule has 1 aromatic heterocycles. The van der Waals surface area contributed by atoms with Crippen LogP contribution in [0.15, 0.2) is 29.4 Å². The Balaban J connectivity index is 1.67. The van der Waals surface area contributed by atoms with Gasteiger partial charge in [0.05, 0.1) is 18.2 Å². The maximum absolute atomic E-state index is 12.7. The lowest BCUT2D eigenvalue weighted by Crippen LogP contribution is -2.33. The lowest BCUT2D eigenvalue weighted by atomic mass is 10.2. The van der Waals surface area contributed by atoms with Gasteiger partial charge in [0.15, 0.2) is 5.16 Å². The van der Waals surface area contributed by atoms with Gasteiger partial charge in [-0.25, -0.2) is 0 Å². The van der Waals surface area contributed by atoms with E-state index in [0.717, 1.165) is 22.2 Å². The molecule has 1 aliphatic rings. The van der Waals surface area contributed by atoms with Crippen molar-refractivity contribution in [3.63, 3.8) is 0 Å². The van der Waals surface area contributed by atoms with Gasteiger partial charge in [0, 0.05) is 25.2 Å². The molecule has 0 atom stereocenters. The summed E-state index contributed by atoms with van der Waals surface area (Å²) in [5.74, 6) is 1.78. The van der Waals surface area contributed by atoms with Crippen molar-refractivity contribution in [1.29, 1.82) is 5.26 Å². The van der Waals surface area contributed by atoms with Crippen LogP contribution in [0.2, 0.25) is 0 Å². The van der Waals surface area contributed by atoms with E-state index in [1.165, 1.54) is 24.6 Å². The maximum atomic E-state index is 12.7. The highest BCUT2D eigenvalue weighted by Gasteiger charge is 2.29. The first-order chi connectivity index (χ1) is 12.1. The Labute approximate surface area is 151 Å². The van der Waals surface area contributed by atoms with Gasteiger partial charge in [0.2, 0.25) is 5.91 Å². The third kappa shape index (κ3) is 4.20. The van der Waals surface area contributed by atoms with Crippen LogP contribution in [0.1, 0.15) is 36.6 Å². The standard InChI is InChI=1S/C18H21N5OS/c1-13-4-8-15(9-5-13)23(11-3-10-19)16(24)12-25-18-21-20-17(22(18)2)14-6-7-14/h4-5,8-9,14H,3,6-7,11-12H2,1-2H3. The van der Waals surface area contributed by atoms with E-state index >= 15 is 0 Å². The van der Waals surface area contributed by atoms with Gasteiger partial charge in [-0.3, -0.25) is 4.79 Å². The molecule has 1 aromatic carbocycles. The highest BCUT2D eigenvalue weighted by Crippen LogP contribution is 2.39. The van der Waals surface area contributed by atoms with Crippen LogP contribution in [0.3, 0.4) is 0 Å². The fourth-order valence-electron chi connectivity index (χ4n) is 2.64. The Morgan fingerprint density at radius 3 is 2.72 bits per heavy atom. The first-order valence-corrected chi connectivity index (χ1v) is 9.34. The quantitative estimate of drug-likeness (QED) is 0.714. The molecule has 2 aromatic rings. The molecule has 0 N–H and O–H groups in total. The number of nitrogens with zero attached hydrogens (tertiary/aromatic N) is 5. The predicted octanol–water partition coefficient (Wildman–Crippen LogP) is 3.04. The van der Waals surface area contributed by atoms with Crippen molar-refractivity contribution in [3.8, 4) is 6.07 Å². The van der Waals surface area contributed by atoms with Crippen LogP contribution in [-0.4, -0.2) is 33.0 Å². The number of amides is 1. The zero-order chi connectivity index (χ0) is 17.8. The number of carbonyl (C=O) groups excluding carboxylic acids is 1. The number of aryl methyl sites for hydroxylation is 1. The predicted molar refractivity (Wildman–Crippen MR) is 97.5 cm³/mol. The highest BCUT2D eigenvalue weighted by atomic mass is 32.2. The largest absolute Gasteiger partial charge is 0.311 e. The molecule has 0 spiro atoms. The molecular weight excluding hydrogens is 334 g/mol. The molecule has 1 amide bonds. The Morgan fingerprint density at radius 1 is 1.36 bits per heavy atom. The minimum atomic E-state index is -0.0277. The van der Waals surface area contributed by atoms with Crippen LogP contribution in [0, 0.1) is 18.3 Å². The number of hydrogen-bond acceptors (Lipinski definition) is 5. The summed E-state index contributed by atoms with van der Waals surface area (Å²) in [5.41, 5.74) is 1.96. The SMILES string of the molecule is Cc1ccc(N(CCC#N)C(=O)CSc2nnc(C3CC3)n2C)cc1. The van der Waals surface area contributed by atoms with Gasteiger partial charge >= 0.3 is 0 Å². The maximum Gasteiger partial charge on any atom is 0.237 e. The molecule has 0 radical (unpaired) electrons. The Kier molecular flexibility index (Phi) is 5.39. The number of rotatable bonds is 7. The molecule has 1 fully saturated rings. The lowest BCUT2D eigenvalue weighted by molar-refractivity contribution is -0.116. The Bertz CT molecular complexity index is 789. The first kappa shape index (κ1) is 17.5. The second-order valence-corrected chi connectivity index (χ2v) is 7.19. The molecule has 0 saturated heterocycles. The minimum absolute atomic E-state index is 0.0277. The molecule has 1 heterocycles. The Morgan fingerprint density at radius 2 is 2.08 bits per heavy atom. The number of benzene rings is 1. The van der Waals surface area contributed by atoms with Crippen LogP contribution in [-0.2, 0) is 11.8 Å². The molecule has 7 heteroatoms. The summed E-state index contributed by atoms with van der Waals surface area (Å²) in [6, 6.07) is 9.90. The highest BCUT2D eigenvalue weighted by molar-refractivity contribution is 7.99. The smallest absolute Gasteiger partial charge is 0.237 e. The fourth-order valence-corrected chi connectivity index (χ4v) is 3.43. The van der Waals surface area contributed by atoms with Crippen molar-refractivity contribution >= 4 is 23.4 Å². The number of anilines is 1. The average molecular weight is 355 g/mol. The lowest BCUT2D eigenvalue weighted by Gasteiger charge is -2.21. The molecule has 6 nitrogen and oxygen atoms in total. The van der Waals surface area contributed by atoms with Crippen LogP contribution >= 0.6 is 11.8 Å². The van der Waals surface area contributed by atoms with Gasteiger partial charge in [-0.1, -0.05) is 29.5 Å². The van der Waals surface area contributed by atoms with E-state index in [-0.39, 0.29) is 11.7 Å². The molecule has 1 aliphatic carbocycles. The molecule has 0 bridgehead atoms. The summed E-state index contributed by atoms with van der Waals surface area (Å²) in [7, 11) is 1.95. The van der Waals surface area contributed by atoms with Crippen LogP contribution in [0.25, 0.3) is 0 Å². The molecule has 0 aliphatic heterocycles. The van der Waals surface area contributed by atoms with E-state index in [9.17, 15) is 4.79 Å². The van der Waals surface area contributed by atoms with Gasteiger partial charge in [-0.2, -0.15) is 5.26 Å². The molecule has 25 heavy (non-hydrogen) atoms. The van der Waals surface area contributed by atoms with E-state index in [1.54, 1.807) is 4.90 Å².